The summed E-state index contributed by atoms with van der Waals surface area (Å²) in [4.78, 5) is 97.1. The van der Waals surface area contributed by atoms with Crippen LogP contribution in [0.5, 0.6) is 23.0 Å². The zero-order valence-electron chi connectivity index (χ0n) is 36.5. The smallest absolute Gasteiger partial charge is 0.870 e. The molecular formula is C46H42ClNaO21. The molecule has 0 aliphatic carbocycles. The summed E-state index contributed by atoms with van der Waals surface area (Å²) in [5.74, 6) is -1.21. The van der Waals surface area contributed by atoms with Crippen LogP contribution in [0.3, 0.4) is 0 Å². The van der Waals surface area contributed by atoms with Crippen molar-refractivity contribution in [3.63, 3.8) is 0 Å². The number of aromatic carboxylic acids is 3. The number of aliphatic hydroxyl groups excluding tert-OH is 1. The van der Waals surface area contributed by atoms with Gasteiger partial charge in [0.15, 0.2) is 13.2 Å². The average Bonchev–Trinajstić information content (AvgIpc) is 3.91. The summed E-state index contributed by atoms with van der Waals surface area (Å²) in [7, 11) is 0. The van der Waals surface area contributed by atoms with Crippen molar-refractivity contribution in [1.82, 2.24) is 0 Å². The third kappa shape index (κ3) is 32.3. The van der Waals surface area contributed by atoms with Gasteiger partial charge in [0.1, 0.15) is 29.6 Å². The quantitative estimate of drug-likeness (QED) is 0.0289. The van der Waals surface area contributed by atoms with E-state index >= 15 is 0 Å². The van der Waals surface area contributed by atoms with Crippen molar-refractivity contribution in [1.29, 1.82) is 0 Å². The van der Waals surface area contributed by atoms with Crippen LogP contribution in [0.15, 0.2) is 92.6 Å². The van der Waals surface area contributed by atoms with Crippen LogP contribution in [0.4, 0.5) is 0 Å². The first kappa shape index (κ1) is 67.6. The van der Waals surface area contributed by atoms with E-state index < -0.39 is 47.0 Å². The monoisotopic (exact) mass is 988 g/mol. The predicted molar refractivity (Wildman–Crippen MR) is 237 cm³/mol. The summed E-state index contributed by atoms with van der Waals surface area (Å²) >= 11 is 4.71. The van der Waals surface area contributed by atoms with Crippen LogP contribution in [0.1, 0.15) is 64.6 Å². The molecule has 0 aromatic heterocycles. The molecule has 6 N–H and O–H groups in total. The van der Waals surface area contributed by atoms with Crippen molar-refractivity contribution in [2.75, 3.05) is 33.0 Å². The molecule has 1 saturated heterocycles. The fourth-order valence-electron chi connectivity index (χ4n) is 3.84. The van der Waals surface area contributed by atoms with Crippen LogP contribution in [-0.4, -0.2) is 118 Å². The molecular weight excluding hydrogens is 947 g/mol. The second-order valence-corrected chi connectivity index (χ2v) is 11.7. The van der Waals surface area contributed by atoms with Crippen LogP contribution in [0, 0.1) is 37.0 Å². The maximum absolute atomic E-state index is 11.8. The summed E-state index contributed by atoms with van der Waals surface area (Å²) in [6.07, 6.45) is 19.9. The van der Waals surface area contributed by atoms with E-state index in [2.05, 4.69) is 47.5 Å². The molecule has 0 amide bonds. The van der Waals surface area contributed by atoms with Gasteiger partial charge >= 0.3 is 71.3 Å². The summed E-state index contributed by atoms with van der Waals surface area (Å²) in [5.41, 5.74) is -0.782. The van der Waals surface area contributed by atoms with Crippen LogP contribution < -0.4 is 43.8 Å². The van der Waals surface area contributed by atoms with Gasteiger partial charge in [-0.2, -0.15) is 0 Å². The number of phenolic OH excluding ortho intramolecular Hbond substituents is 1. The van der Waals surface area contributed by atoms with E-state index in [0.29, 0.717) is 0 Å². The topological polar surface area (TPSA) is 340 Å². The number of rotatable bonds is 14. The number of hydrogen-bond acceptors (Lipinski definition) is 18. The summed E-state index contributed by atoms with van der Waals surface area (Å²) in [6.45, 7) is 11.0. The van der Waals surface area contributed by atoms with Crippen LogP contribution >= 0.6 is 11.6 Å². The van der Waals surface area contributed by atoms with E-state index in [9.17, 15) is 43.2 Å². The molecule has 0 bridgehead atoms. The van der Waals surface area contributed by atoms with Gasteiger partial charge in [-0.3, -0.25) is 9.59 Å². The van der Waals surface area contributed by atoms with E-state index in [1.807, 2.05) is 5.92 Å². The molecule has 0 spiro atoms. The Balaban J connectivity index is -0.000000405. The molecule has 1 fully saturated rings. The third-order valence-electron chi connectivity index (χ3n) is 6.52. The van der Waals surface area contributed by atoms with Crippen LogP contribution in [0.2, 0.25) is 0 Å². The number of benzene rings is 3. The van der Waals surface area contributed by atoms with Crippen molar-refractivity contribution in [2.45, 2.75) is 12.8 Å². The molecule has 1 aliphatic heterocycles. The first-order chi connectivity index (χ1) is 31.8. The van der Waals surface area contributed by atoms with Gasteiger partial charge in [-0.05, 0) is 79.0 Å². The Bertz CT molecular complexity index is 2300. The molecule has 0 saturated carbocycles. The number of aliphatic hydroxyl groups is 1. The average molecular weight is 989 g/mol. The van der Waals surface area contributed by atoms with Crippen LogP contribution in [-0.2, 0) is 33.4 Å². The number of aromatic hydroxyl groups is 1. The molecule has 3 aromatic carbocycles. The minimum atomic E-state index is -1.32. The number of terminal acetylenes is 3. The third-order valence-corrected chi connectivity index (χ3v) is 6.68. The Kier molecular flexibility index (Phi) is 39.4. The fraction of sp³-hybridized carbons (Fsp3) is 0.152. The number of carbonyl (C=O) groups excluding carboxylic acids is 6. The van der Waals surface area contributed by atoms with Gasteiger partial charge in [0.25, 0.3) is 6.47 Å². The number of carboxylic acid groups (broad SMARTS) is 3. The number of phenols is 1. The molecule has 0 radical (unpaired) electrons. The van der Waals surface area contributed by atoms with Crippen molar-refractivity contribution < 1.29 is 132 Å². The van der Waals surface area contributed by atoms with E-state index in [1.165, 1.54) is 31.0 Å². The molecule has 0 unspecified atom stereocenters. The molecule has 23 heteroatoms. The SMILES string of the molecule is C#CCO.C#CCOC(=O)c1cc(OC(=O)C=C)cc(C(=O)OCC#C)c1.C1CCOC1.C=CC(=O)Cl.C=CC(=O)Oc1cc(C(=O)O)cc(C(=O)O)c1.O=COc1cc(O)cc(C(=O)O)c1.[Na+].[OH-]. The van der Waals surface area contributed by atoms with Gasteiger partial charge in [0, 0.05) is 31.4 Å². The number of carbonyl (C=O) groups is 9. The number of ether oxygens (including phenoxy) is 6. The number of halogens is 1. The maximum Gasteiger partial charge on any atom is 1.00 e. The van der Waals surface area contributed by atoms with Crippen LogP contribution in [0.25, 0.3) is 0 Å². The van der Waals surface area contributed by atoms with E-state index in [1.54, 1.807) is 0 Å². The Morgan fingerprint density at radius 3 is 1.26 bits per heavy atom. The number of allylic oxidation sites excluding steroid dienone is 1. The Morgan fingerprint density at radius 1 is 0.623 bits per heavy atom. The zero-order chi connectivity index (χ0) is 51.3. The first-order valence-corrected chi connectivity index (χ1v) is 18.4. The van der Waals surface area contributed by atoms with E-state index in [4.69, 9.17) is 68.9 Å². The van der Waals surface area contributed by atoms with Crippen molar-refractivity contribution >= 4 is 65.1 Å². The number of esters is 4. The van der Waals surface area contributed by atoms with Crippen molar-refractivity contribution in [3.8, 4) is 60.0 Å². The first-order valence-electron chi connectivity index (χ1n) is 18.1. The minimum Gasteiger partial charge on any atom is -0.870 e. The minimum absolute atomic E-state index is 0. The Labute approximate surface area is 421 Å². The fourth-order valence-corrected chi connectivity index (χ4v) is 3.84. The molecule has 3 aromatic rings. The molecule has 0 atom stereocenters. The second kappa shape index (κ2) is 40.3. The molecule has 1 heterocycles. The van der Waals surface area contributed by atoms with Gasteiger partial charge in [0.05, 0.1) is 27.8 Å². The summed E-state index contributed by atoms with van der Waals surface area (Å²) in [5, 5.41) is 42.2. The Morgan fingerprint density at radius 2 is 0.971 bits per heavy atom. The van der Waals surface area contributed by atoms with Gasteiger partial charge in [-0.1, -0.05) is 37.5 Å². The Hall–Kier alpha value is -8.04. The number of hydrogen-bond donors (Lipinski definition) is 5. The van der Waals surface area contributed by atoms with E-state index in [-0.39, 0.29) is 112 Å². The van der Waals surface area contributed by atoms with E-state index in [0.717, 1.165) is 67.8 Å². The summed E-state index contributed by atoms with van der Waals surface area (Å²) < 4.78 is 28.4. The molecule has 21 nitrogen and oxygen atoms in total. The molecule has 69 heavy (non-hydrogen) atoms. The molecule has 360 valence electrons. The predicted octanol–water partition coefficient (Wildman–Crippen LogP) is 1.33. The molecule has 1 aliphatic rings. The normalized spacial score (nSPS) is 9.55. The standard InChI is InChI=1S/C17H12O6.C11H8O6.C8H6O5.C4H8O.C3H3ClO.C3H4O.Na.H2O/c1-4-7-21-16(19)12-9-13(17(20)22-8-5-2)11-14(10-12)23-15(18)6-3;1-2-9(12)17-8-4-6(10(13)14)3-7(5-8)11(15)16;9-4-13-7-2-5(8(11)12)1-6(10)3-7;1-2-4-5-3-1;1-2-3(4)5;1-2-3-4;;/h1-2,6,9-11H,3,7-8H2;2-5H,1H2,(H,13,14)(H,15,16);1-4,10H,(H,11,12);1-4H2;2H,1H2;1,4H,3H2;;1H2/q;;;;;;+1;/p-1. The van der Waals surface area contributed by atoms with Gasteiger partial charge in [0.2, 0.25) is 5.24 Å². The van der Waals surface area contributed by atoms with Gasteiger partial charge in [-0.15, -0.1) is 19.3 Å². The maximum atomic E-state index is 11.8. The van der Waals surface area contributed by atoms with Gasteiger partial charge in [-0.25, -0.2) is 33.6 Å². The van der Waals surface area contributed by atoms with Crippen molar-refractivity contribution in [3.05, 3.63) is 120 Å². The largest absolute Gasteiger partial charge is 1.00 e. The molecule has 4 rings (SSSR count). The van der Waals surface area contributed by atoms with Crippen molar-refractivity contribution in [2.24, 2.45) is 0 Å². The zero-order valence-corrected chi connectivity index (χ0v) is 39.2. The van der Waals surface area contributed by atoms with Gasteiger partial charge < -0.3 is 59.4 Å². The summed E-state index contributed by atoms with van der Waals surface area (Å²) in [6, 6.07) is 10.1. The number of carboxylic acids is 3. The second-order valence-electron chi connectivity index (χ2n) is 11.3.